The number of nitrogens with one attached hydrogen (secondary N) is 2. The van der Waals surface area contributed by atoms with Crippen LogP contribution in [0.1, 0.15) is 54.6 Å². The first-order chi connectivity index (χ1) is 15.2. The maximum absolute atomic E-state index is 14.1. The third-order valence-electron chi connectivity index (χ3n) is 6.91. The molecular formula is C23H24F2N4O3. The maximum atomic E-state index is 14.1. The Kier molecular flexibility index (Phi) is 4.87. The molecule has 2 unspecified atom stereocenters. The van der Waals surface area contributed by atoms with Crippen LogP contribution in [0.25, 0.3) is 0 Å². The number of benzene rings is 1. The normalized spacial score (nSPS) is 30.1. The molecule has 0 saturated heterocycles. The molecule has 2 atom stereocenters. The Hall–Kier alpha value is -3.10. The summed E-state index contributed by atoms with van der Waals surface area (Å²) in [7, 11) is 0. The SMILES string of the molecule is Cc1cncc(OC(=O)NC23CC4CC(C2)CC(NC(=O)c2cc(F)ccc2F)(C4)C3)n1. The quantitative estimate of drug-likeness (QED) is 0.754. The number of hydrogen-bond donors (Lipinski definition) is 2. The van der Waals surface area contributed by atoms with E-state index in [-0.39, 0.29) is 11.4 Å². The minimum atomic E-state index is -0.760. The lowest BCUT2D eigenvalue weighted by Crippen LogP contribution is -2.70. The third kappa shape index (κ3) is 3.91. The van der Waals surface area contributed by atoms with Crippen molar-refractivity contribution in [3.63, 3.8) is 0 Å². The zero-order valence-corrected chi connectivity index (χ0v) is 17.7. The standard InChI is InChI=1S/C23H24F2N4O3/c1-13-10-26-11-19(27-13)32-21(31)29-23-8-14-4-15(9-23)7-22(6-14,12-23)28-20(30)17-5-16(24)2-3-18(17)25/h2-3,5,10-11,14-15H,4,6-9,12H2,1H3,(H,28,30)(H,29,31). The molecule has 0 radical (unpaired) electrons. The van der Waals surface area contributed by atoms with Crippen LogP contribution in [-0.2, 0) is 0 Å². The third-order valence-corrected chi connectivity index (χ3v) is 6.91. The van der Waals surface area contributed by atoms with E-state index in [2.05, 4.69) is 20.6 Å². The van der Waals surface area contributed by atoms with Crippen LogP contribution < -0.4 is 15.4 Å². The highest BCUT2D eigenvalue weighted by atomic mass is 19.1. The van der Waals surface area contributed by atoms with E-state index in [0.29, 0.717) is 24.0 Å². The van der Waals surface area contributed by atoms with Crippen LogP contribution in [0.4, 0.5) is 13.6 Å². The van der Waals surface area contributed by atoms with E-state index in [1.54, 1.807) is 13.1 Å². The summed E-state index contributed by atoms with van der Waals surface area (Å²) in [5, 5.41) is 6.04. The van der Waals surface area contributed by atoms with Gasteiger partial charge in [0.05, 0.1) is 17.5 Å². The number of nitrogens with zero attached hydrogens (tertiary/aromatic N) is 2. The van der Waals surface area contributed by atoms with Gasteiger partial charge in [0.25, 0.3) is 5.91 Å². The number of carbonyl (C=O) groups is 2. The Morgan fingerprint density at radius 2 is 1.75 bits per heavy atom. The average molecular weight is 442 g/mol. The highest BCUT2D eigenvalue weighted by Gasteiger charge is 2.59. The summed E-state index contributed by atoms with van der Waals surface area (Å²) in [6.07, 6.45) is 7.00. The summed E-state index contributed by atoms with van der Waals surface area (Å²) in [6.45, 7) is 1.75. The lowest BCUT2D eigenvalue weighted by Gasteiger charge is -2.62. The van der Waals surface area contributed by atoms with Gasteiger partial charge < -0.3 is 15.4 Å². The van der Waals surface area contributed by atoms with Crippen LogP contribution >= 0.6 is 0 Å². The van der Waals surface area contributed by atoms with Gasteiger partial charge in [0.2, 0.25) is 5.88 Å². The predicted octanol–water partition coefficient (Wildman–Crippen LogP) is 3.67. The summed E-state index contributed by atoms with van der Waals surface area (Å²) in [4.78, 5) is 33.6. The molecule has 4 fully saturated rings. The predicted molar refractivity (Wildman–Crippen MR) is 110 cm³/mol. The van der Waals surface area contributed by atoms with Gasteiger partial charge in [-0.2, -0.15) is 0 Å². The van der Waals surface area contributed by atoms with Crippen molar-refractivity contribution in [1.82, 2.24) is 20.6 Å². The minimum Gasteiger partial charge on any atom is -0.390 e. The van der Waals surface area contributed by atoms with Crippen molar-refractivity contribution in [2.24, 2.45) is 11.8 Å². The number of halogens is 2. The molecule has 7 nitrogen and oxygen atoms in total. The van der Waals surface area contributed by atoms with E-state index < -0.39 is 34.7 Å². The number of ether oxygens (including phenoxy) is 1. The Morgan fingerprint density at radius 1 is 1.06 bits per heavy atom. The van der Waals surface area contributed by atoms with Crippen molar-refractivity contribution in [1.29, 1.82) is 0 Å². The van der Waals surface area contributed by atoms with E-state index in [1.807, 2.05) is 0 Å². The zero-order chi connectivity index (χ0) is 22.5. The van der Waals surface area contributed by atoms with Gasteiger partial charge in [0, 0.05) is 17.3 Å². The van der Waals surface area contributed by atoms with Crippen molar-refractivity contribution >= 4 is 12.0 Å². The number of amides is 2. The molecule has 2 aromatic rings. The molecule has 4 saturated carbocycles. The molecule has 4 bridgehead atoms. The highest BCUT2D eigenvalue weighted by Crippen LogP contribution is 2.57. The molecule has 168 valence electrons. The van der Waals surface area contributed by atoms with Gasteiger partial charge >= 0.3 is 6.09 Å². The number of aryl methyl sites for hydroxylation is 1. The number of rotatable bonds is 4. The fraction of sp³-hybridized carbons (Fsp3) is 0.478. The number of aromatic nitrogens is 2. The number of carbonyl (C=O) groups excluding carboxylic acids is 2. The van der Waals surface area contributed by atoms with Crippen LogP contribution in [-0.4, -0.2) is 33.0 Å². The van der Waals surface area contributed by atoms with Gasteiger partial charge in [0.1, 0.15) is 11.6 Å². The van der Waals surface area contributed by atoms with E-state index >= 15 is 0 Å². The zero-order valence-electron chi connectivity index (χ0n) is 17.7. The Balaban J connectivity index is 1.34. The average Bonchev–Trinajstić information content (AvgIpc) is 2.67. The number of hydrogen-bond acceptors (Lipinski definition) is 5. The molecule has 1 heterocycles. The summed E-state index contributed by atoms with van der Waals surface area (Å²) in [5.74, 6) is -1.28. The molecule has 1 aromatic heterocycles. The summed E-state index contributed by atoms with van der Waals surface area (Å²) < 4.78 is 33.1. The van der Waals surface area contributed by atoms with E-state index in [1.165, 1.54) is 6.20 Å². The maximum Gasteiger partial charge on any atom is 0.414 e. The monoisotopic (exact) mass is 442 g/mol. The largest absolute Gasteiger partial charge is 0.414 e. The molecule has 2 N–H and O–H groups in total. The van der Waals surface area contributed by atoms with Crippen LogP contribution in [0.3, 0.4) is 0 Å². The molecule has 1 aromatic carbocycles. The van der Waals surface area contributed by atoms with Crippen LogP contribution in [0.5, 0.6) is 5.88 Å². The van der Waals surface area contributed by atoms with Gasteiger partial charge in [-0.3, -0.25) is 9.78 Å². The van der Waals surface area contributed by atoms with Gasteiger partial charge in [-0.1, -0.05) is 0 Å². The second kappa shape index (κ2) is 7.50. The summed E-state index contributed by atoms with van der Waals surface area (Å²) >= 11 is 0. The Bertz CT molecular complexity index is 1080. The fourth-order valence-corrected chi connectivity index (χ4v) is 6.36. The lowest BCUT2D eigenvalue weighted by molar-refractivity contribution is -0.0450. The first kappa shape index (κ1) is 20.8. The highest BCUT2D eigenvalue weighted by molar-refractivity contribution is 5.95. The molecule has 32 heavy (non-hydrogen) atoms. The van der Waals surface area contributed by atoms with Crippen LogP contribution in [0.15, 0.2) is 30.6 Å². The van der Waals surface area contributed by atoms with Crippen molar-refractivity contribution in [3.05, 3.63) is 53.5 Å². The van der Waals surface area contributed by atoms with Crippen molar-refractivity contribution < 1.29 is 23.1 Å². The second-order valence-corrected chi connectivity index (χ2v) is 9.61. The molecular weight excluding hydrogens is 418 g/mol. The first-order valence-corrected chi connectivity index (χ1v) is 10.8. The second-order valence-electron chi connectivity index (χ2n) is 9.61. The molecule has 0 spiro atoms. The van der Waals surface area contributed by atoms with Crippen LogP contribution in [0.2, 0.25) is 0 Å². The minimum absolute atomic E-state index is 0.122. The van der Waals surface area contributed by atoms with Crippen molar-refractivity contribution in [3.8, 4) is 5.88 Å². The van der Waals surface area contributed by atoms with Gasteiger partial charge in [-0.15, -0.1) is 0 Å². The van der Waals surface area contributed by atoms with Crippen molar-refractivity contribution in [2.45, 2.75) is 56.5 Å². The van der Waals surface area contributed by atoms with Crippen molar-refractivity contribution in [2.75, 3.05) is 0 Å². The van der Waals surface area contributed by atoms with Crippen LogP contribution in [0, 0.1) is 30.4 Å². The molecule has 0 aliphatic heterocycles. The molecule has 4 aliphatic carbocycles. The molecule has 9 heteroatoms. The Morgan fingerprint density at radius 3 is 2.44 bits per heavy atom. The van der Waals surface area contributed by atoms with E-state index in [4.69, 9.17) is 4.74 Å². The lowest BCUT2D eigenvalue weighted by atomic mass is 9.50. The van der Waals surface area contributed by atoms with Gasteiger partial charge in [-0.25, -0.2) is 18.6 Å². The Labute approximate surface area is 184 Å². The van der Waals surface area contributed by atoms with Gasteiger partial charge in [-0.05, 0) is 75.5 Å². The van der Waals surface area contributed by atoms with Gasteiger partial charge in [0.15, 0.2) is 0 Å². The summed E-state index contributed by atoms with van der Waals surface area (Å²) in [6, 6.07) is 2.86. The fourth-order valence-electron chi connectivity index (χ4n) is 6.36. The topological polar surface area (TPSA) is 93.2 Å². The van der Waals surface area contributed by atoms with E-state index in [0.717, 1.165) is 50.3 Å². The molecule has 2 amide bonds. The molecule has 6 rings (SSSR count). The molecule has 4 aliphatic rings. The summed E-state index contributed by atoms with van der Waals surface area (Å²) in [5.41, 5.74) is -0.765. The van der Waals surface area contributed by atoms with E-state index in [9.17, 15) is 18.4 Å². The first-order valence-electron chi connectivity index (χ1n) is 10.8. The smallest absolute Gasteiger partial charge is 0.390 e.